The first-order valence-electron chi connectivity index (χ1n) is 9.00. The Morgan fingerprint density at radius 3 is 2.74 bits per heavy atom. The number of nitrogens with one attached hydrogen (secondary N) is 1. The Morgan fingerprint density at radius 1 is 1.11 bits per heavy atom. The molecule has 0 radical (unpaired) electrons. The van der Waals surface area contributed by atoms with Crippen molar-refractivity contribution in [3.05, 3.63) is 83.7 Å². The number of ether oxygens (including phenoxy) is 2. The SMILES string of the molecule is O=C(NCCc1cnn(-c2ccccc2)c1)c1cccc(C2OCCO2)c1. The molecule has 0 saturated carbocycles. The van der Waals surface area contributed by atoms with Gasteiger partial charge in [-0.1, -0.05) is 30.3 Å². The molecule has 0 atom stereocenters. The highest BCUT2D eigenvalue weighted by molar-refractivity contribution is 5.94. The van der Waals surface area contributed by atoms with Crippen molar-refractivity contribution < 1.29 is 14.3 Å². The second kappa shape index (κ2) is 8.16. The number of amides is 1. The van der Waals surface area contributed by atoms with Crippen LogP contribution in [-0.4, -0.2) is 35.4 Å². The molecule has 138 valence electrons. The van der Waals surface area contributed by atoms with Crippen molar-refractivity contribution in [3.63, 3.8) is 0 Å². The van der Waals surface area contributed by atoms with Crippen molar-refractivity contribution in [3.8, 4) is 5.69 Å². The summed E-state index contributed by atoms with van der Waals surface area (Å²) in [5.74, 6) is -0.106. The highest BCUT2D eigenvalue weighted by Crippen LogP contribution is 2.23. The summed E-state index contributed by atoms with van der Waals surface area (Å²) >= 11 is 0. The molecule has 1 N–H and O–H groups in total. The molecule has 1 saturated heterocycles. The molecule has 1 aromatic heterocycles. The summed E-state index contributed by atoms with van der Waals surface area (Å²) in [4.78, 5) is 12.4. The van der Waals surface area contributed by atoms with Crippen molar-refractivity contribution in [1.82, 2.24) is 15.1 Å². The normalized spacial score (nSPS) is 14.4. The lowest BCUT2D eigenvalue weighted by Crippen LogP contribution is -2.25. The quantitative estimate of drug-likeness (QED) is 0.731. The first-order valence-corrected chi connectivity index (χ1v) is 9.00. The molecule has 0 unspecified atom stereocenters. The van der Waals surface area contributed by atoms with Crippen LogP contribution in [0, 0.1) is 0 Å². The molecule has 0 spiro atoms. The number of hydrogen-bond donors (Lipinski definition) is 1. The number of carbonyl (C=O) groups excluding carboxylic acids is 1. The molecule has 2 heterocycles. The lowest BCUT2D eigenvalue weighted by atomic mass is 10.1. The summed E-state index contributed by atoms with van der Waals surface area (Å²) in [5, 5.41) is 7.33. The summed E-state index contributed by atoms with van der Waals surface area (Å²) in [6.45, 7) is 1.70. The molecule has 1 aliphatic heterocycles. The van der Waals surface area contributed by atoms with Gasteiger partial charge < -0.3 is 14.8 Å². The fourth-order valence-corrected chi connectivity index (χ4v) is 3.01. The topological polar surface area (TPSA) is 65.4 Å². The monoisotopic (exact) mass is 363 g/mol. The van der Waals surface area contributed by atoms with Gasteiger partial charge in [-0.15, -0.1) is 0 Å². The van der Waals surface area contributed by atoms with Gasteiger partial charge in [0.25, 0.3) is 5.91 Å². The fraction of sp³-hybridized carbons (Fsp3) is 0.238. The van der Waals surface area contributed by atoms with Crippen LogP contribution in [0.25, 0.3) is 5.69 Å². The lowest BCUT2D eigenvalue weighted by Gasteiger charge is -2.11. The standard InChI is InChI=1S/C21H21N3O3/c25-20(17-5-4-6-18(13-17)21-26-11-12-27-21)22-10-9-16-14-23-24(15-16)19-7-2-1-3-8-19/h1-8,13-15,21H,9-12H2,(H,22,25). The minimum atomic E-state index is -0.374. The molecular formula is C21H21N3O3. The first-order chi connectivity index (χ1) is 13.3. The van der Waals surface area contributed by atoms with E-state index in [4.69, 9.17) is 9.47 Å². The Morgan fingerprint density at radius 2 is 1.93 bits per heavy atom. The van der Waals surface area contributed by atoms with E-state index in [0.29, 0.717) is 31.7 Å². The molecule has 1 amide bonds. The molecular weight excluding hydrogens is 342 g/mol. The Kier molecular flexibility index (Phi) is 5.27. The molecule has 2 aromatic carbocycles. The smallest absolute Gasteiger partial charge is 0.251 e. The predicted octanol–water partition coefficient (Wildman–Crippen LogP) is 2.89. The average molecular weight is 363 g/mol. The number of rotatable bonds is 6. The van der Waals surface area contributed by atoms with Crippen LogP contribution in [0.3, 0.4) is 0 Å². The third kappa shape index (κ3) is 4.24. The van der Waals surface area contributed by atoms with E-state index in [9.17, 15) is 4.79 Å². The van der Waals surface area contributed by atoms with Crippen molar-refractivity contribution in [1.29, 1.82) is 0 Å². The van der Waals surface area contributed by atoms with E-state index < -0.39 is 0 Å². The summed E-state index contributed by atoms with van der Waals surface area (Å²) in [6.07, 6.45) is 4.15. The van der Waals surface area contributed by atoms with Crippen LogP contribution in [0.5, 0.6) is 0 Å². The van der Waals surface area contributed by atoms with Crippen molar-refractivity contribution >= 4 is 5.91 Å². The van der Waals surface area contributed by atoms with E-state index in [1.54, 1.807) is 6.07 Å². The first kappa shape index (κ1) is 17.5. The van der Waals surface area contributed by atoms with Crippen LogP contribution in [-0.2, 0) is 15.9 Å². The largest absolute Gasteiger partial charge is 0.352 e. The van der Waals surface area contributed by atoms with Gasteiger partial charge in [0, 0.05) is 23.9 Å². The maximum Gasteiger partial charge on any atom is 0.251 e. The van der Waals surface area contributed by atoms with Crippen LogP contribution < -0.4 is 5.32 Å². The van der Waals surface area contributed by atoms with Gasteiger partial charge in [-0.2, -0.15) is 5.10 Å². The zero-order valence-corrected chi connectivity index (χ0v) is 14.9. The molecule has 0 aliphatic carbocycles. The molecule has 4 rings (SSSR count). The van der Waals surface area contributed by atoms with Crippen LogP contribution in [0.2, 0.25) is 0 Å². The minimum Gasteiger partial charge on any atom is -0.352 e. The van der Waals surface area contributed by atoms with Gasteiger partial charge in [-0.25, -0.2) is 4.68 Å². The Bertz CT molecular complexity index is 902. The number of nitrogens with zero attached hydrogens (tertiary/aromatic N) is 2. The van der Waals surface area contributed by atoms with Crippen LogP contribution >= 0.6 is 0 Å². The molecule has 27 heavy (non-hydrogen) atoms. The zero-order valence-electron chi connectivity index (χ0n) is 14.9. The van der Waals surface area contributed by atoms with Gasteiger partial charge >= 0.3 is 0 Å². The molecule has 6 heteroatoms. The summed E-state index contributed by atoms with van der Waals surface area (Å²) in [6, 6.07) is 17.3. The maximum absolute atomic E-state index is 12.4. The van der Waals surface area contributed by atoms with E-state index in [-0.39, 0.29) is 12.2 Å². The number of benzene rings is 2. The molecule has 1 fully saturated rings. The fourth-order valence-electron chi connectivity index (χ4n) is 3.01. The Hall–Kier alpha value is -2.96. The minimum absolute atomic E-state index is 0.106. The van der Waals surface area contributed by atoms with Crippen molar-refractivity contribution in [2.24, 2.45) is 0 Å². The third-order valence-corrected chi connectivity index (χ3v) is 4.40. The highest BCUT2D eigenvalue weighted by atomic mass is 16.7. The van der Waals surface area contributed by atoms with E-state index in [0.717, 1.165) is 16.8 Å². The number of carbonyl (C=O) groups is 1. The van der Waals surface area contributed by atoms with Gasteiger partial charge in [0.05, 0.1) is 25.1 Å². The van der Waals surface area contributed by atoms with Gasteiger partial charge in [0.1, 0.15) is 0 Å². The van der Waals surface area contributed by atoms with Crippen LogP contribution in [0.4, 0.5) is 0 Å². The zero-order chi connectivity index (χ0) is 18.5. The summed E-state index contributed by atoms with van der Waals surface area (Å²) in [5.41, 5.74) is 3.55. The second-order valence-corrected chi connectivity index (χ2v) is 6.33. The molecule has 6 nitrogen and oxygen atoms in total. The van der Waals surface area contributed by atoms with Gasteiger partial charge in [0.15, 0.2) is 6.29 Å². The number of hydrogen-bond acceptors (Lipinski definition) is 4. The van der Waals surface area contributed by atoms with E-state index in [1.807, 2.05) is 65.6 Å². The summed E-state index contributed by atoms with van der Waals surface area (Å²) < 4.78 is 12.8. The molecule has 0 bridgehead atoms. The third-order valence-electron chi connectivity index (χ3n) is 4.40. The van der Waals surface area contributed by atoms with Gasteiger partial charge in [0.2, 0.25) is 0 Å². The lowest BCUT2D eigenvalue weighted by molar-refractivity contribution is -0.0441. The number of para-hydroxylation sites is 1. The highest BCUT2D eigenvalue weighted by Gasteiger charge is 2.19. The molecule has 3 aromatic rings. The van der Waals surface area contributed by atoms with E-state index >= 15 is 0 Å². The predicted molar refractivity (Wildman–Crippen MR) is 101 cm³/mol. The van der Waals surface area contributed by atoms with Crippen molar-refractivity contribution in [2.75, 3.05) is 19.8 Å². The second-order valence-electron chi connectivity index (χ2n) is 6.33. The Labute approximate surface area is 157 Å². The molecule has 1 aliphatic rings. The van der Waals surface area contributed by atoms with Crippen molar-refractivity contribution in [2.45, 2.75) is 12.7 Å². The van der Waals surface area contributed by atoms with Gasteiger partial charge in [-0.3, -0.25) is 4.79 Å². The van der Waals surface area contributed by atoms with E-state index in [2.05, 4.69) is 10.4 Å². The Balaban J connectivity index is 1.32. The van der Waals surface area contributed by atoms with Crippen LogP contribution in [0.15, 0.2) is 67.0 Å². The van der Waals surface area contributed by atoms with Gasteiger partial charge in [-0.05, 0) is 36.2 Å². The maximum atomic E-state index is 12.4. The number of aromatic nitrogens is 2. The average Bonchev–Trinajstić information content (AvgIpc) is 3.41. The summed E-state index contributed by atoms with van der Waals surface area (Å²) in [7, 11) is 0. The van der Waals surface area contributed by atoms with Crippen LogP contribution in [0.1, 0.15) is 27.8 Å². The van der Waals surface area contributed by atoms with E-state index in [1.165, 1.54) is 0 Å².